The van der Waals surface area contributed by atoms with Gasteiger partial charge in [-0.3, -0.25) is 0 Å². The van der Waals surface area contributed by atoms with E-state index in [1.807, 2.05) is 23.2 Å². The fourth-order valence-electron chi connectivity index (χ4n) is 3.08. The molecule has 1 N–H and O–H groups in total. The number of likely N-dealkylation sites (tertiary alicyclic amines) is 1. The van der Waals surface area contributed by atoms with Crippen molar-refractivity contribution in [2.24, 2.45) is 0 Å². The molecule has 0 aliphatic carbocycles. The van der Waals surface area contributed by atoms with Gasteiger partial charge in [0.1, 0.15) is 0 Å². The Kier molecular flexibility index (Phi) is 4.13. The average Bonchev–Trinajstić information content (AvgIpc) is 2.69. The molecule has 0 spiro atoms. The lowest BCUT2D eigenvalue weighted by molar-refractivity contribution is 0.214. The van der Waals surface area contributed by atoms with Crippen molar-refractivity contribution in [3.8, 4) is 0 Å². The quantitative estimate of drug-likeness (QED) is 0.887. The van der Waals surface area contributed by atoms with Gasteiger partial charge in [-0.25, -0.2) is 4.79 Å². The van der Waals surface area contributed by atoms with Crippen LogP contribution in [0.1, 0.15) is 32.6 Å². The molecule has 1 saturated heterocycles. The summed E-state index contributed by atoms with van der Waals surface area (Å²) in [4.78, 5) is 14.4. The Morgan fingerprint density at radius 2 is 1.86 bits per heavy atom. The summed E-state index contributed by atoms with van der Waals surface area (Å²) >= 11 is 0. The average molecular weight is 285 g/mol. The second-order valence-corrected chi connectivity index (χ2v) is 5.68. The Balaban J connectivity index is 1.82. The Morgan fingerprint density at radius 3 is 2.57 bits per heavy atom. The van der Waals surface area contributed by atoms with Crippen molar-refractivity contribution in [2.45, 2.75) is 39.2 Å². The van der Waals surface area contributed by atoms with Gasteiger partial charge in [0, 0.05) is 31.2 Å². The molecular weight excluding hydrogens is 262 g/mol. The number of carbonyl (C=O) groups excluding carboxylic acids is 1. The van der Waals surface area contributed by atoms with Gasteiger partial charge in [0.15, 0.2) is 0 Å². The van der Waals surface area contributed by atoms with E-state index in [4.69, 9.17) is 0 Å². The minimum atomic E-state index is 0.0379. The van der Waals surface area contributed by atoms with E-state index in [-0.39, 0.29) is 6.03 Å². The highest BCUT2D eigenvalue weighted by Crippen LogP contribution is 2.26. The number of fused-ring (bicyclic) bond motifs is 1. The Bertz CT molecular complexity index is 624. The molecule has 21 heavy (non-hydrogen) atoms. The molecule has 2 amide bonds. The Morgan fingerprint density at radius 1 is 1.14 bits per heavy atom. The first kappa shape index (κ1) is 14.0. The molecular formula is C17H23N3O. The van der Waals surface area contributed by atoms with Crippen LogP contribution in [-0.2, 0) is 6.54 Å². The lowest BCUT2D eigenvalue weighted by Crippen LogP contribution is -2.35. The maximum atomic E-state index is 12.5. The molecule has 3 rings (SSSR count). The van der Waals surface area contributed by atoms with Crippen molar-refractivity contribution in [1.82, 2.24) is 9.47 Å². The highest BCUT2D eigenvalue weighted by atomic mass is 16.2. The zero-order chi connectivity index (χ0) is 14.7. The number of nitrogens with one attached hydrogen (secondary N) is 1. The van der Waals surface area contributed by atoms with E-state index in [1.165, 1.54) is 18.4 Å². The Hall–Kier alpha value is -1.97. The standard InChI is InChI=1S/C17H23N3O/c1-2-19-13-15(14-9-5-6-10-16(14)19)18-17(21)20-11-7-3-4-8-12-20/h5-6,9-10,13H,2-4,7-8,11-12H2,1H3,(H,18,21). The van der Waals surface area contributed by atoms with Crippen LogP contribution in [-0.4, -0.2) is 28.6 Å². The smallest absolute Gasteiger partial charge is 0.321 e. The van der Waals surface area contributed by atoms with Gasteiger partial charge in [-0.05, 0) is 25.8 Å². The summed E-state index contributed by atoms with van der Waals surface area (Å²) in [7, 11) is 0. The number of nitrogens with zero attached hydrogens (tertiary/aromatic N) is 2. The topological polar surface area (TPSA) is 37.3 Å². The molecule has 2 heterocycles. The molecule has 1 aromatic heterocycles. The molecule has 1 aliphatic heterocycles. The van der Waals surface area contributed by atoms with E-state index in [1.54, 1.807) is 0 Å². The van der Waals surface area contributed by atoms with Gasteiger partial charge in [-0.1, -0.05) is 31.0 Å². The van der Waals surface area contributed by atoms with Crippen molar-refractivity contribution < 1.29 is 4.79 Å². The van der Waals surface area contributed by atoms with Crippen molar-refractivity contribution in [3.05, 3.63) is 30.5 Å². The number of carbonyl (C=O) groups is 1. The number of aryl methyl sites for hydroxylation is 1. The number of hydrogen-bond donors (Lipinski definition) is 1. The predicted molar refractivity (Wildman–Crippen MR) is 86.7 cm³/mol. The number of amides is 2. The van der Waals surface area contributed by atoms with Gasteiger partial charge in [-0.15, -0.1) is 0 Å². The van der Waals surface area contributed by atoms with Crippen LogP contribution in [0.15, 0.2) is 30.5 Å². The summed E-state index contributed by atoms with van der Waals surface area (Å²) in [6, 6.07) is 8.26. The van der Waals surface area contributed by atoms with E-state index in [9.17, 15) is 4.79 Å². The zero-order valence-corrected chi connectivity index (χ0v) is 12.6. The number of benzene rings is 1. The minimum absolute atomic E-state index is 0.0379. The van der Waals surface area contributed by atoms with Crippen molar-refractivity contribution in [2.75, 3.05) is 18.4 Å². The molecule has 0 radical (unpaired) electrons. The molecule has 1 fully saturated rings. The molecule has 2 aromatic rings. The van der Waals surface area contributed by atoms with Crippen molar-refractivity contribution in [3.63, 3.8) is 0 Å². The number of anilines is 1. The zero-order valence-electron chi connectivity index (χ0n) is 12.6. The molecule has 0 saturated carbocycles. The summed E-state index contributed by atoms with van der Waals surface area (Å²) in [5.74, 6) is 0. The number of hydrogen-bond acceptors (Lipinski definition) is 1. The normalized spacial score (nSPS) is 16.0. The third-order valence-electron chi connectivity index (χ3n) is 4.26. The summed E-state index contributed by atoms with van der Waals surface area (Å²) in [5, 5.41) is 4.22. The lowest BCUT2D eigenvalue weighted by atomic mass is 10.2. The van der Waals surface area contributed by atoms with Crippen LogP contribution in [0.25, 0.3) is 10.9 Å². The van der Waals surface area contributed by atoms with E-state index >= 15 is 0 Å². The van der Waals surface area contributed by atoms with E-state index in [0.717, 1.165) is 43.5 Å². The van der Waals surface area contributed by atoms with Crippen LogP contribution >= 0.6 is 0 Å². The molecule has 1 aromatic carbocycles. The first-order valence-electron chi connectivity index (χ1n) is 7.93. The maximum absolute atomic E-state index is 12.5. The summed E-state index contributed by atoms with van der Waals surface area (Å²) in [6.07, 6.45) is 6.74. The fraction of sp³-hybridized carbons (Fsp3) is 0.471. The van der Waals surface area contributed by atoms with Crippen LogP contribution in [0.2, 0.25) is 0 Å². The first-order valence-corrected chi connectivity index (χ1v) is 7.93. The molecule has 0 bridgehead atoms. The maximum Gasteiger partial charge on any atom is 0.321 e. The van der Waals surface area contributed by atoms with Crippen LogP contribution < -0.4 is 5.32 Å². The first-order chi connectivity index (χ1) is 10.3. The minimum Gasteiger partial charge on any atom is -0.346 e. The lowest BCUT2D eigenvalue weighted by Gasteiger charge is -2.20. The number of para-hydroxylation sites is 1. The molecule has 0 atom stereocenters. The number of rotatable bonds is 2. The fourth-order valence-corrected chi connectivity index (χ4v) is 3.08. The number of urea groups is 1. The number of aromatic nitrogens is 1. The van der Waals surface area contributed by atoms with Gasteiger partial charge < -0.3 is 14.8 Å². The highest BCUT2D eigenvalue weighted by molar-refractivity contribution is 6.01. The van der Waals surface area contributed by atoms with E-state index in [2.05, 4.69) is 28.9 Å². The second-order valence-electron chi connectivity index (χ2n) is 5.68. The molecule has 4 nitrogen and oxygen atoms in total. The van der Waals surface area contributed by atoms with E-state index in [0.29, 0.717) is 0 Å². The summed E-state index contributed by atoms with van der Waals surface area (Å²) in [5.41, 5.74) is 2.09. The summed E-state index contributed by atoms with van der Waals surface area (Å²) in [6.45, 7) is 4.77. The van der Waals surface area contributed by atoms with Gasteiger partial charge in [0.25, 0.3) is 0 Å². The van der Waals surface area contributed by atoms with Crippen LogP contribution in [0.4, 0.5) is 10.5 Å². The third-order valence-corrected chi connectivity index (χ3v) is 4.26. The third kappa shape index (κ3) is 2.89. The monoisotopic (exact) mass is 285 g/mol. The van der Waals surface area contributed by atoms with Crippen molar-refractivity contribution in [1.29, 1.82) is 0 Å². The van der Waals surface area contributed by atoms with Crippen LogP contribution in [0.3, 0.4) is 0 Å². The highest BCUT2D eigenvalue weighted by Gasteiger charge is 2.17. The predicted octanol–water partition coefficient (Wildman–Crippen LogP) is 4.07. The second kappa shape index (κ2) is 6.20. The largest absolute Gasteiger partial charge is 0.346 e. The van der Waals surface area contributed by atoms with Gasteiger partial charge >= 0.3 is 6.03 Å². The summed E-state index contributed by atoms with van der Waals surface area (Å²) < 4.78 is 2.17. The molecule has 4 heteroatoms. The Labute approximate surface area is 125 Å². The van der Waals surface area contributed by atoms with Crippen molar-refractivity contribution >= 4 is 22.6 Å². The van der Waals surface area contributed by atoms with Crippen LogP contribution in [0, 0.1) is 0 Å². The van der Waals surface area contributed by atoms with E-state index < -0.39 is 0 Å². The van der Waals surface area contributed by atoms with Gasteiger partial charge in [0.05, 0.1) is 11.2 Å². The van der Waals surface area contributed by atoms with Gasteiger partial charge in [-0.2, -0.15) is 0 Å². The molecule has 0 unspecified atom stereocenters. The van der Waals surface area contributed by atoms with Gasteiger partial charge in [0.2, 0.25) is 0 Å². The SMILES string of the molecule is CCn1cc(NC(=O)N2CCCCCC2)c2ccccc21. The van der Waals surface area contributed by atoms with Crippen LogP contribution in [0.5, 0.6) is 0 Å². The molecule has 112 valence electrons. The molecule has 1 aliphatic rings.